The van der Waals surface area contributed by atoms with E-state index in [2.05, 4.69) is 0 Å². The molecule has 1 aliphatic heterocycles. The van der Waals surface area contributed by atoms with Gasteiger partial charge in [-0.15, -0.1) is 0 Å². The van der Waals surface area contributed by atoms with E-state index in [4.69, 9.17) is 4.52 Å². The third kappa shape index (κ3) is 0.884. The minimum atomic E-state index is -3.60. The van der Waals surface area contributed by atoms with Gasteiger partial charge < -0.3 is 9.42 Å². The van der Waals surface area contributed by atoms with Crippen molar-refractivity contribution >= 4 is 23.7 Å². The summed E-state index contributed by atoms with van der Waals surface area (Å²) in [4.78, 5) is 9.57. The van der Waals surface area contributed by atoms with Gasteiger partial charge in [0, 0.05) is 5.39 Å². The third-order valence-corrected chi connectivity index (χ3v) is 3.80. The average Bonchev–Trinajstić information content (AvgIpc) is 2.41. The second-order valence-electron chi connectivity index (χ2n) is 3.24. The Balaban J connectivity index is 2.56. The standard InChI is InChI=1S/C10H7O3P/c11-14(12)9-6-2-4-7-3-1-5-8(13-14)10(7)9/h1-6H,(H,11,12). The molecule has 1 atom stereocenters. The van der Waals surface area contributed by atoms with E-state index in [1.165, 1.54) is 0 Å². The van der Waals surface area contributed by atoms with Crippen LogP contribution in [0.25, 0.3) is 10.8 Å². The first kappa shape index (κ1) is 8.04. The van der Waals surface area contributed by atoms with E-state index in [0.29, 0.717) is 11.1 Å². The largest absolute Gasteiger partial charge is 0.421 e. The Morgan fingerprint density at radius 2 is 1.86 bits per heavy atom. The SMILES string of the molecule is O=P1(O)Oc2cccc3cccc1c23. The topological polar surface area (TPSA) is 46.5 Å². The van der Waals surface area contributed by atoms with E-state index >= 15 is 0 Å². The first-order valence-electron chi connectivity index (χ1n) is 4.23. The van der Waals surface area contributed by atoms with Crippen molar-refractivity contribution in [3.05, 3.63) is 36.4 Å². The second-order valence-corrected chi connectivity index (χ2v) is 4.95. The van der Waals surface area contributed by atoms with Crippen molar-refractivity contribution < 1.29 is 14.0 Å². The molecule has 3 rings (SSSR count). The molecule has 1 unspecified atom stereocenters. The Kier molecular flexibility index (Phi) is 1.37. The molecule has 0 spiro atoms. The molecular formula is C10H7O3P. The quantitative estimate of drug-likeness (QED) is 0.671. The van der Waals surface area contributed by atoms with Crippen LogP contribution in [0, 0.1) is 0 Å². The molecule has 1 heterocycles. The van der Waals surface area contributed by atoms with Gasteiger partial charge in [-0.1, -0.05) is 24.3 Å². The average molecular weight is 206 g/mol. The molecule has 3 nitrogen and oxygen atoms in total. The predicted molar refractivity (Wildman–Crippen MR) is 54.0 cm³/mol. The maximum absolute atomic E-state index is 11.7. The van der Waals surface area contributed by atoms with E-state index in [1.54, 1.807) is 18.2 Å². The van der Waals surface area contributed by atoms with Crippen LogP contribution >= 0.6 is 7.60 Å². The Hall–Kier alpha value is -1.31. The van der Waals surface area contributed by atoms with E-state index in [1.807, 2.05) is 18.2 Å². The second kappa shape index (κ2) is 2.38. The van der Waals surface area contributed by atoms with Crippen molar-refractivity contribution in [3.8, 4) is 5.75 Å². The molecule has 14 heavy (non-hydrogen) atoms. The zero-order valence-electron chi connectivity index (χ0n) is 7.18. The summed E-state index contributed by atoms with van der Waals surface area (Å²) >= 11 is 0. The molecule has 0 amide bonds. The van der Waals surface area contributed by atoms with Gasteiger partial charge in [-0.2, -0.15) is 0 Å². The van der Waals surface area contributed by atoms with Crippen molar-refractivity contribution in [1.29, 1.82) is 0 Å². The number of rotatable bonds is 0. The van der Waals surface area contributed by atoms with Crippen LogP contribution in [0.3, 0.4) is 0 Å². The highest BCUT2D eigenvalue weighted by Crippen LogP contribution is 2.51. The molecule has 70 valence electrons. The summed E-state index contributed by atoms with van der Waals surface area (Å²) in [7, 11) is -3.60. The summed E-state index contributed by atoms with van der Waals surface area (Å²) in [6.07, 6.45) is 0. The highest BCUT2D eigenvalue weighted by atomic mass is 31.2. The lowest BCUT2D eigenvalue weighted by atomic mass is 10.1. The van der Waals surface area contributed by atoms with Crippen molar-refractivity contribution in [2.75, 3.05) is 0 Å². The summed E-state index contributed by atoms with van der Waals surface area (Å²) in [5, 5.41) is 2.11. The van der Waals surface area contributed by atoms with Crippen molar-refractivity contribution in [3.63, 3.8) is 0 Å². The van der Waals surface area contributed by atoms with Gasteiger partial charge in [0.2, 0.25) is 0 Å². The van der Waals surface area contributed by atoms with Gasteiger partial charge in [0.15, 0.2) is 0 Å². The first-order valence-corrected chi connectivity index (χ1v) is 5.81. The summed E-state index contributed by atoms with van der Waals surface area (Å²) in [5.74, 6) is 0.504. The highest BCUT2D eigenvalue weighted by molar-refractivity contribution is 7.62. The lowest BCUT2D eigenvalue weighted by molar-refractivity contribution is 0.400. The van der Waals surface area contributed by atoms with E-state index in [9.17, 15) is 9.46 Å². The monoisotopic (exact) mass is 206 g/mol. The Morgan fingerprint density at radius 3 is 2.64 bits per heavy atom. The number of benzene rings is 2. The summed E-state index contributed by atoms with van der Waals surface area (Å²) < 4.78 is 16.7. The smallest absolute Gasteiger partial charge is 0.408 e. The summed E-state index contributed by atoms with van der Waals surface area (Å²) in [6, 6.07) is 10.7. The summed E-state index contributed by atoms with van der Waals surface area (Å²) in [5.41, 5.74) is 0. The fraction of sp³-hybridized carbons (Fsp3) is 0. The highest BCUT2D eigenvalue weighted by Gasteiger charge is 2.34. The van der Waals surface area contributed by atoms with Crippen molar-refractivity contribution in [2.24, 2.45) is 0 Å². The molecule has 0 bridgehead atoms. The Morgan fingerprint density at radius 1 is 1.14 bits per heavy atom. The van der Waals surface area contributed by atoms with Crippen LogP contribution in [-0.4, -0.2) is 4.89 Å². The molecule has 4 heteroatoms. The van der Waals surface area contributed by atoms with Crippen LogP contribution < -0.4 is 9.83 Å². The molecule has 0 aromatic heterocycles. The maximum Gasteiger partial charge on any atom is 0.408 e. The van der Waals surface area contributed by atoms with Gasteiger partial charge in [0.05, 0.1) is 5.30 Å². The van der Waals surface area contributed by atoms with Crippen LogP contribution in [0.2, 0.25) is 0 Å². The van der Waals surface area contributed by atoms with Gasteiger partial charge in [-0.05, 0) is 17.5 Å². The van der Waals surface area contributed by atoms with Crippen LogP contribution in [0.15, 0.2) is 36.4 Å². The number of hydrogen-bond acceptors (Lipinski definition) is 2. The molecule has 0 aliphatic carbocycles. The maximum atomic E-state index is 11.7. The van der Waals surface area contributed by atoms with E-state index < -0.39 is 7.60 Å². The molecule has 0 radical (unpaired) electrons. The van der Waals surface area contributed by atoms with Crippen LogP contribution in [0.1, 0.15) is 0 Å². The lowest BCUT2D eigenvalue weighted by Gasteiger charge is -2.02. The van der Waals surface area contributed by atoms with Gasteiger partial charge in [-0.3, -0.25) is 0 Å². The normalized spacial score (nSPS) is 23.8. The Bertz CT molecular complexity index is 571. The zero-order chi connectivity index (χ0) is 9.76. The summed E-state index contributed by atoms with van der Waals surface area (Å²) in [6.45, 7) is 0. The van der Waals surface area contributed by atoms with Crippen LogP contribution in [0.5, 0.6) is 5.75 Å². The molecule has 2 aromatic carbocycles. The van der Waals surface area contributed by atoms with Gasteiger partial charge in [0.1, 0.15) is 5.75 Å². The molecule has 1 aliphatic rings. The number of hydrogen-bond donors (Lipinski definition) is 1. The Labute approximate surface area is 80.5 Å². The third-order valence-electron chi connectivity index (χ3n) is 2.37. The molecule has 0 saturated heterocycles. The molecular weight excluding hydrogens is 199 g/mol. The van der Waals surface area contributed by atoms with Gasteiger partial charge >= 0.3 is 7.60 Å². The molecule has 0 fully saturated rings. The van der Waals surface area contributed by atoms with Crippen LogP contribution in [-0.2, 0) is 4.57 Å². The zero-order valence-corrected chi connectivity index (χ0v) is 8.07. The van der Waals surface area contributed by atoms with E-state index in [0.717, 1.165) is 10.8 Å². The van der Waals surface area contributed by atoms with Gasteiger partial charge in [-0.25, -0.2) is 4.57 Å². The minimum Gasteiger partial charge on any atom is -0.421 e. The van der Waals surface area contributed by atoms with Crippen molar-refractivity contribution in [2.45, 2.75) is 0 Å². The van der Waals surface area contributed by atoms with Gasteiger partial charge in [0.25, 0.3) is 0 Å². The predicted octanol–water partition coefficient (Wildman–Crippen LogP) is 2.04. The first-order chi connectivity index (χ1) is 6.68. The van der Waals surface area contributed by atoms with Crippen LogP contribution in [0.4, 0.5) is 0 Å². The molecule has 1 N–H and O–H groups in total. The van der Waals surface area contributed by atoms with Crippen molar-refractivity contribution in [1.82, 2.24) is 0 Å². The molecule has 0 saturated carbocycles. The fourth-order valence-electron chi connectivity index (χ4n) is 1.78. The minimum absolute atomic E-state index is 0.408. The lowest BCUT2D eigenvalue weighted by Crippen LogP contribution is -2.01. The van der Waals surface area contributed by atoms with E-state index in [-0.39, 0.29) is 0 Å². The molecule has 2 aromatic rings. The fourth-order valence-corrected chi connectivity index (χ4v) is 3.09.